The topological polar surface area (TPSA) is 46.5 Å². The van der Waals surface area contributed by atoms with E-state index in [2.05, 4.69) is 0 Å². The highest BCUT2D eigenvalue weighted by Crippen LogP contribution is 2.23. The summed E-state index contributed by atoms with van der Waals surface area (Å²) in [6, 6.07) is 4.29. The minimum atomic E-state index is -4.19. The lowest BCUT2D eigenvalue weighted by atomic mass is 10.1. The van der Waals surface area contributed by atoms with E-state index in [1.165, 1.54) is 12.1 Å². The van der Waals surface area contributed by atoms with E-state index in [4.69, 9.17) is 9.84 Å². The van der Waals surface area contributed by atoms with Crippen LogP contribution in [0.5, 0.6) is 5.75 Å². The molecule has 18 heavy (non-hydrogen) atoms. The van der Waals surface area contributed by atoms with E-state index in [9.17, 15) is 18.0 Å². The Labute approximate surface area is 102 Å². The molecule has 3 nitrogen and oxygen atoms in total. The number of rotatable bonds is 5. The van der Waals surface area contributed by atoms with E-state index in [0.717, 1.165) is 0 Å². The minimum absolute atomic E-state index is 0.0476. The van der Waals surface area contributed by atoms with Crippen molar-refractivity contribution in [1.82, 2.24) is 0 Å². The molecule has 0 spiro atoms. The molecule has 0 aliphatic heterocycles. The lowest BCUT2D eigenvalue weighted by molar-refractivity contribution is -0.136. The Morgan fingerprint density at radius 3 is 2.61 bits per heavy atom. The normalized spacial score (nSPS) is 11.3. The van der Waals surface area contributed by atoms with Gasteiger partial charge in [-0.15, -0.1) is 0 Å². The Balaban J connectivity index is 2.56. The van der Waals surface area contributed by atoms with Crippen LogP contribution in [-0.4, -0.2) is 23.9 Å². The largest absolute Gasteiger partial charge is 0.493 e. The molecule has 0 fully saturated rings. The molecular weight excluding hydrogens is 249 g/mol. The Morgan fingerprint density at radius 2 is 2.06 bits per heavy atom. The van der Waals surface area contributed by atoms with Crippen molar-refractivity contribution in [3.8, 4) is 5.75 Å². The number of carboxylic acids is 1. The van der Waals surface area contributed by atoms with Crippen molar-refractivity contribution in [3.63, 3.8) is 0 Å². The summed E-state index contributed by atoms with van der Waals surface area (Å²) < 4.78 is 40.9. The van der Waals surface area contributed by atoms with Gasteiger partial charge in [0, 0.05) is 6.42 Å². The Hall–Kier alpha value is -1.72. The van der Waals surface area contributed by atoms with E-state index in [1.807, 2.05) is 0 Å². The fourth-order valence-electron chi connectivity index (χ4n) is 1.34. The summed E-state index contributed by atoms with van der Waals surface area (Å²) in [6.45, 7) is 1.61. The smallest absolute Gasteiger partial charge is 0.389 e. The average Bonchev–Trinajstić information content (AvgIpc) is 2.24. The summed E-state index contributed by atoms with van der Waals surface area (Å²) in [5.74, 6) is -0.799. The molecule has 100 valence electrons. The molecule has 0 saturated heterocycles. The highest BCUT2D eigenvalue weighted by Gasteiger charge is 2.26. The molecule has 1 rings (SSSR count). The summed E-state index contributed by atoms with van der Waals surface area (Å²) >= 11 is 0. The van der Waals surface area contributed by atoms with E-state index in [0.29, 0.717) is 11.3 Å². The van der Waals surface area contributed by atoms with Crippen LogP contribution >= 0.6 is 0 Å². The maximum atomic E-state index is 11.9. The first kappa shape index (κ1) is 14.3. The van der Waals surface area contributed by atoms with Gasteiger partial charge in [0.25, 0.3) is 0 Å². The van der Waals surface area contributed by atoms with Crippen LogP contribution in [0, 0.1) is 6.92 Å². The molecule has 0 unspecified atom stereocenters. The van der Waals surface area contributed by atoms with Crippen LogP contribution in [0.2, 0.25) is 0 Å². The molecule has 0 radical (unpaired) electrons. The third-order valence-corrected chi connectivity index (χ3v) is 2.30. The highest BCUT2D eigenvalue weighted by atomic mass is 19.4. The monoisotopic (exact) mass is 262 g/mol. The number of carboxylic acid groups (broad SMARTS) is 1. The van der Waals surface area contributed by atoms with Crippen LogP contribution < -0.4 is 4.74 Å². The SMILES string of the molecule is Cc1ccc(C(=O)O)cc1OCCCC(F)(F)F. The molecule has 0 heterocycles. The van der Waals surface area contributed by atoms with Crippen molar-refractivity contribution >= 4 is 5.97 Å². The molecule has 0 aliphatic rings. The number of aryl methyl sites for hydroxylation is 1. The molecule has 0 aromatic heterocycles. The zero-order valence-corrected chi connectivity index (χ0v) is 9.75. The number of halogens is 3. The average molecular weight is 262 g/mol. The maximum Gasteiger partial charge on any atom is 0.389 e. The first-order valence-corrected chi connectivity index (χ1v) is 5.33. The maximum absolute atomic E-state index is 11.9. The van der Waals surface area contributed by atoms with Gasteiger partial charge in [-0.1, -0.05) is 6.07 Å². The van der Waals surface area contributed by atoms with Crippen LogP contribution in [-0.2, 0) is 0 Å². The van der Waals surface area contributed by atoms with E-state index >= 15 is 0 Å². The molecule has 0 aliphatic carbocycles. The summed E-state index contributed by atoms with van der Waals surface area (Å²) in [6.07, 6.45) is -5.26. The molecular formula is C12H13F3O3. The van der Waals surface area contributed by atoms with Crippen molar-refractivity contribution < 1.29 is 27.8 Å². The van der Waals surface area contributed by atoms with Gasteiger partial charge >= 0.3 is 12.1 Å². The third kappa shape index (κ3) is 4.65. The van der Waals surface area contributed by atoms with E-state index in [-0.39, 0.29) is 18.6 Å². The molecule has 1 aromatic carbocycles. The molecule has 0 bridgehead atoms. The number of benzene rings is 1. The van der Waals surface area contributed by atoms with Crippen LogP contribution in [0.25, 0.3) is 0 Å². The number of alkyl halides is 3. The van der Waals surface area contributed by atoms with Gasteiger partial charge in [-0.3, -0.25) is 0 Å². The van der Waals surface area contributed by atoms with Gasteiger partial charge in [-0.05, 0) is 31.0 Å². The lowest BCUT2D eigenvalue weighted by Gasteiger charge is -2.10. The van der Waals surface area contributed by atoms with Gasteiger partial charge in [-0.2, -0.15) is 13.2 Å². The molecule has 0 atom stereocenters. The molecule has 0 saturated carbocycles. The van der Waals surface area contributed by atoms with Gasteiger partial charge in [0.15, 0.2) is 0 Å². The first-order chi connectivity index (χ1) is 8.29. The van der Waals surface area contributed by atoms with Crippen LogP contribution in [0.3, 0.4) is 0 Å². The number of carbonyl (C=O) groups is 1. The van der Waals surface area contributed by atoms with Gasteiger partial charge in [-0.25, -0.2) is 4.79 Å². The zero-order valence-electron chi connectivity index (χ0n) is 9.75. The van der Waals surface area contributed by atoms with Crippen LogP contribution in [0.15, 0.2) is 18.2 Å². The van der Waals surface area contributed by atoms with Crippen molar-refractivity contribution in [1.29, 1.82) is 0 Å². The van der Waals surface area contributed by atoms with Crippen molar-refractivity contribution in [3.05, 3.63) is 29.3 Å². The van der Waals surface area contributed by atoms with Crippen LogP contribution in [0.1, 0.15) is 28.8 Å². The van der Waals surface area contributed by atoms with Crippen molar-refractivity contribution in [2.75, 3.05) is 6.61 Å². The third-order valence-electron chi connectivity index (χ3n) is 2.30. The van der Waals surface area contributed by atoms with E-state index < -0.39 is 18.6 Å². The van der Waals surface area contributed by atoms with Crippen molar-refractivity contribution in [2.24, 2.45) is 0 Å². The molecule has 0 amide bonds. The quantitative estimate of drug-likeness (QED) is 0.827. The standard InChI is InChI=1S/C12H13F3O3/c1-8-3-4-9(11(16)17)7-10(8)18-6-2-5-12(13,14)15/h3-4,7H,2,5-6H2,1H3,(H,16,17). The number of hydrogen-bond acceptors (Lipinski definition) is 2. The first-order valence-electron chi connectivity index (χ1n) is 5.33. The number of aromatic carboxylic acids is 1. The summed E-state index contributed by atoms with van der Waals surface area (Å²) in [7, 11) is 0. The minimum Gasteiger partial charge on any atom is -0.493 e. The summed E-state index contributed by atoms with van der Waals surface area (Å²) in [4.78, 5) is 10.7. The number of hydrogen-bond donors (Lipinski definition) is 1. The Bertz CT molecular complexity index is 427. The van der Waals surface area contributed by atoms with E-state index in [1.54, 1.807) is 13.0 Å². The van der Waals surface area contributed by atoms with Gasteiger partial charge in [0.1, 0.15) is 5.75 Å². The second-order valence-corrected chi connectivity index (χ2v) is 3.85. The number of ether oxygens (including phenoxy) is 1. The second kappa shape index (κ2) is 5.75. The molecule has 1 aromatic rings. The summed E-state index contributed by atoms with van der Waals surface area (Å²) in [5.41, 5.74) is 0.735. The predicted octanol–water partition coefficient (Wildman–Crippen LogP) is 3.41. The highest BCUT2D eigenvalue weighted by molar-refractivity contribution is 5.88. The Morgan fingerprint density at radius 1 is 1.39 bits per heavy atom. The summed E-state index contributed by atoms with van der Waals surface area (Å²) in [5, 5.41) is 8.77. The zero-order chi connectivity index (χ0) is 13.8. The van der Waals surface area contributed by atoms with Crippen LogP contribution in [0.4, 0.5) is 13.2 Å². The fourth-order valence-corrected chi connectivity index (χ4v) is 1.34. The van der Waals surface area contributed by atoms with Gasteiger partial charge in [0.2, 0.25) is 0 Å². The molecule has 6 heteroatoms. The van der Waals surface area contributed by atoms with Gasteiger partial charge in [0.05, 0.1) is 12.2 Å². The Kier molecular flexibility index (Phi) is 4.58. The molecule has 1 N–H and O–H groups in total. The fraction of sp³-hybridized carbons (Fsp3) is 0.417. The predicted molar refractivity (Wildman–Crippen MR) is 58.9 cm³/mol. The van der Waals surface area contributed by atoms with Crippen molar-refractivity contribution in [2.45, 2.75) is 25.9 Å². The second-order valence-electron chi connectivity index (χ2n) is 3.85. The lowest BCUT2D eigenvalue weighted by Crippen LogP contribution is -2.10. The van der Waals surface area contributed by atoms with Gasteiger partial charge < -0.3 is 9.84 Å².